The Hall–Kier alpha value is -1.06. The summed E-state index contributed by atoms with van der Waals surface area (Å²) in [5.74, 6) is 1.04. The van der Waals surface area contributed by atoms with Crippen molar-refractivity contribution in [3.63, 3.8) is 0 Å². The maximum Gasteiger partial charge on any atom is 0.124 e. The molecule has 1 aliphatic heterocycles. The number of ether oxygens (including phenoxy) is 1. The van der Waals surface area contributed by atoms with E-state index >= 15 is 0 Å². The lowest BCUT2D eigenvalue weighted by molar-refractivity contribution is 0.0890. The maximum atomic E-state index is 5.99. The molecule has 2 rings (SSSR count). The number of likely N-dealkylation sites (N-methyl/N-ethyl adjacent to an activating group) is 2. The summed E-state index contributed by atoms with van der Waals surface area (Å²) in [5.41, 5.74) is 1.31. The molecule has 0 aliphatic carbocycles. The Labute approximate surface area is 123 Å². The first-order chi connectivity index (χ1) is 9.81. The van der Waals surface area contributed by atoms with E-state index in [0.29, 0.717) is 12.1 Å². The molecule has 1 aromatic rings. The van der Waals surface area contributed by atoms with Gasteiger partial charge in [0.2, 0.25) is 0 Å². The number of nitrogens with zero attached hydrogens (tertiary/aromatic N) is 1. The van der Waals surface area contributed by atoms with E-state index in [0.717, 1.165) is 32.0 Å². The smallest absolute Gasteiger partial charge is 0.124 e. The summed E-state index contributed by atoms with van der Waals surface area (Å²) in [5, 5.41) is 3.66. The summed E-state index contributed by atoms with van der Waals surface area (Å²) in [6.45, 7) is 10.7. The molecular weight excluding hydrogens is 248 g/mol. The van der Waals surface area contributed by atoms with Crippen LogP contribution in [0.15, 0.2) is 24.3 Å². The van der Waals surface area contributed by atoms with Gasteiger partial charge < -0.3 is 10.1 Å². The van der Waals surface area contributed by atoms with Gasteiger partial charge in [-0.2, -0.15) is 0 Å². The molecule has 0 saturated carbocycles. The summed E-state index contributed by atoms with van der Waals surface area (Å²) in [4.78, 5) is 2.56. The van der Waals surface area contributed by atoms with Crippen molar-refractivity contribution in [3.05, 3.63) is 29.8 Å². The number of rotatable bonds is 7. The quantitative estimate of drug-likeness (QED) is 0.827. The van der Waals surface area contributed by atoms with Gasteiger partial charge in [-0.1, -0.05) is 45.4 Å². The van der Waals surface area contributed by atoms with E-state index in [2.05, 4.69) is 55.3 Å². The molecule has 1 N–H and O–H groups in total. The van der Waals surface area contributed by atoms with Crippen LogP contribution in [-0.2, 0) is 0 Å². The van der Waals surface area contributed by atoms with Crippen molar-refractivity contribution in [2.24, 2.45) is 0 Å². The molecule has 3 heteroatoms. The van der Waals surface area contributed by atoms with E-state index in [1.165, 1.54) is 18.4 Å². The second kappa shape index (κ2) is 7.65. The molecule has 0 aromatic heterocycles. The summed E-state index contributed by atoms with van der Waals surface area (Å²) >= 11 is 0. The lowest BCUT2D eigenvalue weighted by Gasteiger charge is -2.40. The Morgan fingerprint density at radius 1 is 1.25 bits per heavy atom. The SMILES string of the molecule is CCCCN(CC)C1COc2ccccc2C1NCC. The minimum Gasteiger partial charge on any atom is -0.492 e. The fraction of sp³-hybridized carbons (Fsp3) is 0.647. The van der Waals surface area contributed by atoms with Crippen LogP contribution in [0.25, 0.3) is 0 Å². The zero-order valence-electron chi connectivity index (χ0n) is 13.1. The fourth-order valence-corrected chi connectivity index (χ4v) is 3.05. The molecule has 20 heavy (non-hydrogen) atoms. The van der Waals surface area contributed by atoms with Gasteiger partial charge in [0, 0.05) is 5.56 Å². The normalized spacial score (nSPS) is 21.6. The van der Waals surface area contributed by atoms with E-state index in [1.54, 1.807) is 0 Å². The van der Waals surface area contributed by atoms with E-state index in [4.69, 9.17) is 4.74 Å². The summed E-state index contributed by atoms with van der Waals surface area (Å²) in [6.07, 6.45) is 2.50. The molecule has 0 radical (unpaired) electrons. The average molecular weight is 276 g/mol. The lowest BCUT2D eigenvalue weighted by atomic mass is 9.94. The second-order valence-electron chi connectivity index (χ2n) is 5.43. The van der Waals surface area contributed by atoms with Crippen molar-refractivity contribution in [1.82, 2.24) is 10.2 Å². The number of hydrogen-bond acceptors (Lipinski definition) is 3. The number of para-hydroxylation sites is 1. The zero-order valence-corrected chi connectivity index (χ0v) is 13.1. The van der Waals surface area contributed by atoms with Crippen LogP contribution in [0.4, 0.5) is 0 Å². The lowest BCUT2D eigenvalue weighted by Crippen LogP contribution is -2.50. The molecular formula is C17H28N2O. The van der Waals surface area contributed by atoms with E-state index in [1.807, 2.05) is 0 Å². The van der Waals surface area contributed by atoms with Crippen LogP contribution in [0.5, 0.6) is 5.75 Å². The van der Waals surface area contributed by atoms with Crippen molar-refractivity contribution in [1.29, 1.82) is 0 Å². The van der Waals surface area contributed by atoms with Gasteiger partial charge in [-0.05, 0) is 32.1 Å². The van der Waals surface area contributed by atoms with Crippen LogP contribution in [0.2, 0.25) is 0 Å². The van der Waals surface area contributed by atoms with Crippen LogP contribution in [0.3, 0.4) is 0 Å². The third-order valence-corrected chi connectivity index (χ3v) is 4.15. The van der Waals surface area contributed by atoms with Crippen molar-refractivity contribution in [3.8, 4) is 5.75 Å². The monoisotopic (exact) mass is 276 g/mol. The van der Waals surface area contributed by atoms with Crippen molar-refractivity contribution < 1.29 is 4.74 Å². The molecule has 0 saturated heterocycles. The van der Waals surface area contributed by atoms with Crippen LogP contribution >= 0.6 is 0 Å². The molecule has 0 amide bonds. The number of benzene rings is 1. The van der Waals surface area contributed by atoms with Crippen molar-refractivity contribution in [2.45, 2.75) is 45.7 Å². The molecule has 2 unspecified atom stereocenters. The minimum atomic E-state index is 0.377. The van der Waals surface area contributed by atoms with Crippen LogP contribution in [-0.4, -0.2) is 37.2 Å². The molecule has 1 aromatic carbocycles. The Kier molecular flexibility index (Phi) is 5.86. The van der Waals surface area contributed by atoms with Gasteiger partial charge in [0.25, 0.3) is 0 Å². The predicted molar refractivity (Wildman–Crippen MR) is 84.3 cm³/mol. The Morgan fingerprint density at radius 2 is 2.05 bits per heavy atom. The van der Waals surface area contributed by atoms with Crippen LogP contribution < -0.4 is 10.1 Å². The van der Waals surface area contributed by atoms with Crippen LogP contribution in [0.1, 0.15) is 45.2 Å². The van der Waals surface area contributed by atoms with Crippen molar-refractivity contribution >= 4 is 0 Å². The van der Waals surface area contributed by atoms with Gasteiger partial charge in [-0.25, -0.2) is 0 Å². The van der Waals surface area contributed by atoms with Gasteiger partial charge in [-0.15, -0.1) is 0 Å². The molecule has 2 atom stereocenters. The Balaban J connectivity index is 2.20. The third-order valence-electron chi connectivity index (χ3n) is 4.15. The zero-order chi connectivity index (χ0) is 14.4. The van der Waals surface area contributed by atoms with Gasteiger partial charge in [0.1, 0.15) is 12.4 Å². The highest BCUT2D eigenvalue weighted by molar-refractivity contribution is 5.38. The van der Waals surface area contributed by atoms with Crippen molar-refractivity contribution in [2.75, 3.05) is 26.2 Å². The van der Waals surface area contributed by atoms with Gasteiger partial charge in [0.15, 0.2) is 0 Å². The Bertz CT molecular complexity index is 408. The summed E-state index contributed by atoms with van der Waals surface area (Å²) < 4.78 is 5.99. The molecule has 0 fully saturated rings. The van der Waals surface area contributed by atoms with Gasteiger partial charge >= 0.3 is 0 Å². The molecule has 1 heterocycles. The number of hydrogen-bond donors (Lipinski definition) is 1. The highest BCUT2D eigenvalue weighted by Crippen LogP contribution is 2.34. The third kappa shape index (κ3) is 3.33. The largest absolute Gasteiger partial charge is 0.492 e. The maximum absolute atomic E-state index is 5.99. The summed E-state index contributed by atoms with van der Waals surface area (Å²) in [7, 11) is 0. The first-order valence-electron chi connectivity index (χ1n) is 8.00. The first-order valence-corrected chi connectivity index (χ1v) is 8.00. The summed E-state index contributed by atoms with van der Waals surface area (Å²) in [6, 6.07) is 9.25. The van der Waals surface area contributed by atoms with E-state index < -0.39 is 0 Å². The standard InChI is InChI=1S/C17H28N2O/c1-4-7-12-19(6-3)15-13-20-16-11-9-8-10-14(16)17(15)18-5-2/h8-11,15,17-18H,4-7,12-13H2,1-3H3. The van der Waals surface area contributed by atoms with Crippen LogP contribution in [0, 0.1) is 0 Å². The average Bonchev–Trinajstić information content (AvgIpc) is 2.49. The van der Waals surface area contributed by atoms with E-state index in [9.17, 15) is 0 Å². The molecule has 1 aliphatic rings. The minimum absolute atomic E-state index is 0.377. The van der Waals surface area contributed by atoms with Gasteiger partial charge in [-0.3, -0.25) is 4.90 Å². The fourth-order valence-electron chi connectivity index (χ4n) is 3.05. The predicted octanol–water partition coefficient (Wildman–Crippen LogP) is 3.22. The van der Waals surface area contributed by atoms with E-state index in [-0.39, 0.29) is 0 Å². The first kappa shape index (κ1) is 15.3. The highest BCUT2D eigenvalue weighted by Gasteiger charge is 2.33. The second-order valence-corrected chi connectivity index (χ2v) is 5.43. The number of unbranched alkanes of at least 4 members (excludes halogenated alkanes) is 1. The molecule has 112 valence electrons. The Morgan fingerprint density at radius 3 is 2.75 bits per heavy atom. The number of nitrogens with one attached hydrogen (secondary N) is 1. The molecule has 0 bridgehead atoms. The molecule has 3 nitrogen and oxygen atoms in total. The van der Waals surface area contributed by atoms with Gasteiger partial charge in [0.05, 0.1) is 12.1 Å². The topological polar surface area (TPSA) is 24.5 Å². The highest BCUT2D eigenvalue weighted by atomic mass is 16.5. The number of fused-ring (bicyclic) bond motifs is 1. The molecule has 0 spiro atoms.